The Morgan fingerprint density at radius 1 is 1.10 bits per heavy atom. The molecular formula is C22H29N7O. The Labute approximate surface area is 176 Å². The fraction of sp³-hybridized carbons (Fsp3) is 0.545. The van der Waals surface area contributed by atoms with Crippen LogP contribution in [-0.2, 0) is 4.74 Å². The highest BCUT2D eigenvalue weighted by Crippen LogP contribution is 2.41. The number of hydrogen-bond donors (Lipinski definition) is 1. The summed E-state index contributed by atoms with van der Waals surface area (Å²) >= 11 is 0. The molecule has 0 spiro atoms. The van der Waals surface area contributed by atoms with E-state index in [1.54, 1.807) is 13.3 Å². The molecule has 2 aliphatic rings. The predicted octanol–water partition coefficient (Wildman–Crippen LogP) is 3.86. The van der Waals surface area contributed by atoms with Crippen molar-refractivity contribution in [3.63, 3.8) is 0 Å². The molecule has 3 aromatic rings. The molecule has 0 amide bonds. The highest BCUT2D eigenvalue weighted by Gasteiger charge is 2.31. The van der Waals surface area contributed by atoms with Crippen LogP contribution < -0.4 is 10.2 Å². The van der Waals surface area contributed by atoms with Crippen molar-refractivity contribution in [1.82, 2.24) is 24.5 Å². The number of nitrogens with zero attached hydrogens (tertiary/aromatic N) is 6. The molecule has 1 saturated heterocycles. The monoisotopic (exact) mass is 407 g/mol. The molecule has 1 N–H and O–H groups in total. The topological polar surface area (TPSA) is 81.0 Å². The van der Waals surface area contributed by atoms with Gasteiger partial charge in [-0.05, 0) is 51.5 Å². The number of anilines is 3. The minimum Gasteiger partial charge on any atom is -0.381 e. The first-order valence-electron chi connectivity index (χ1n) is 10.8. The predicted molar refractivity (Wildman–Crippen MR) is 117 cm³/mol. The SMILES string of the molecule is COC1CCN(c2nccc(Nc3cc4c(cn3)nc(C)n4C(C)C3CC3)n2)CC1. The van der Waals surface area contributed by atoms with Crippen LogP contribution in [-0.4, -0.2) is 50.8 Å². The van der Waals surface area contributed by atoms with E-state index in [0.29, 0.717) is 12.1 Å². The number of nitrogens with one attached hydrogen (secondary N) is 1. The van der Waals surface area contributed by atoms with Crippen LogP contribution in [0.25, 0.3) is 11.0 Å². The van der Waals surface area contributed by atoms with Crippen molar-refractivity contribution in [2.45, 2.75) is 51.7 Å². The average Bonchev–Trinajstić information content (AvgIpc) is 3.56. The number of rotatable bonds is 6. The van der Waals surface area contributed by atoms with Crippen LogP contribution in [0, 0.1) is 12.8 Å². The van der Waals surface area contributed by atoms with Crippen molar-refractivity contribution in [2.24, 2.45) is 5.92 Å². The highest BCUT2D eigenvalue weighted by molar-refractivity contribution is 5.79. The summed E-state index contributed by atoms with van der Waals surface area (Å²) in [6.45, 7) is 6.19. The molecule has 8 nitrogen and oxygen atoms in total. The van der Waals surface area contributed by atoms with Gasteiger partial charge in [0.15, 0.2) is 0 Å². The summed E-state index contributed by atoms with van der Waals surface area (Å²) in [5.74, 6) is 4.08. The number of methoxy groups -OCH3 is 1. The van der Waals surface area contributed by atoms with E-state index in [9.17, 15) is 0 Å². The first-order valence-corrected chi connectivity index (χ1v) is 10.8. The maximum atomic E-state index is 5.46. The van der Waals surface area contributed by atoms with E-state index in [4.69, 9.17) is 14.7 Å². The number of piperidine rings is 1. The summed E-state index contributed by atoms with van der Waals surface area (Å²) in [4.78, 5) is 20.7. The second kappa shape index (κ2) is 7.83. The van der Waals surface area contributed by atoms with Crippen LogP contribution in [0.5, 0.6) is 0 Å². The lowest BCUT2D eigenvalue weighted by Crippen LogP contribution is -2.37. The summed E-state index contributed by atoms with van der Waals surface area (Å²) in [5.41, 5.74) is 2.07. The van der Waals surface area contributed by atoms with E-state index >= 15 is 0 Å². The van der Waals surface area contributed by atoms with E-state index < -0.39 is 0 Å². The fourth-order valence-corrected chi connectivity index (χ4v) is 4.48. The first kappa shape index (κ1) is 19.2. The van der Waals surface area contributed by atoms with Gasteiger partial charge in [-0.2, -0.15) is 4.98 Å². The molecule has 1 saturated carbocycles. The van der Waals surface area contributed by atoms with Gasteiger partial charge in [-0.3, -0.25) is 0 Å². The fourth-order valence-electron chi connectivity index (χ4n) is 4.48. The Morgan fingerprint density at radius 3 is 2.63 bits per heavy atom. The van der Waals surface area contributed by atoms with Crippen molar-refractivity contribution in [2.75, 3.05) is 30.4 Å². The quantitative estimate of drug-likeness (QED) is 0.664. The average molecular weight is 408 g/mol. The molecule has 4 heterocycles. The number of hydrogen-bond acceptors (Lipinski definition) is 7. The lowest BCUT2D eigenvalue weighted by molar-refractivity contribution is 0.0816. The van der Waals surface area contributed by atoms with Crippen LogP contribution in [0.4, 0.5) is 17.6 Å². The van der Waals surface area contributed by atoms with Crippen LogP contribution in [0.15, 0.2) is 24.5 Å². The lowest BCUT2D eigenvalue weighted by Gasteiger charge is -2.31. The Hall–Kier alpha value is -2.74. The molecule has 1 aliphatic carbocycles. The number of imidazole rings is 1. The molecule has 8 heteroatoms. The van der Waals surface area contributed by atoms with Gasteiger partial charge in [0.2, 0.25) is 5.95 Å². The molecule has 0 bridgehead atoms. The van der Waals surface area contributed by atoms with Gasteiger partial charge in [-0.15, -0.1) is 0 Å². The maximum absolute atomic E-state index is 5.46. The molecule has 1 unspecified atom stereocenters. The van der Waals surface area contributed by atoms with Gasteiger partial charge in [0.05, 0.1) is 17.8 Å². The summed E-state index contributed by atoms with van der Waals surface area (Å²) in [5, 5.41) is 3.36. The van der Waals surface area contributed by atoms with Crippen molar-refractivity contribution in [3.05, 3.63) is 30.4 Å². The van der Waals surface area contributed by atoms with Crippen molar-refractivity contribution in [3.8, 4) is 0 Å². The van der Waals surface area contributed by atoms with Gasteiger partial charge in [0, 0.05) is 38.5 Å². The Kier molecular flexibility index (Phi) is 5.02. The zero-order chi connectivity index (χ0) is 20.7. The van der Waals surface area contributed by atoms with Crippen LogP contribution in [0.3, 0.4) is 0 Å². The van der Waals surface area contributed by atoms with Gasteiger partial charge in [0.1, 0.15) is 23.0 Å². The van der Waals surface area contributed by atoms with Crippen molar-refractivity contribution < 1.29 is 4.74 Å². The summed E-state index contributed by atoms with van der Waals surface area (Å²) in [6, 6.07) is 4.43. The van der Waals surface area contributed by atoms with E-state index in [1.807, 2.05) is 12.3 Å². The summed E-state index contributed by atoms with van der Waals surface area (Å²) in [7, 11) is 1.78. The third-order valence-corrected chi connectivity index (χ3v) is 6.42. The third-order valence-electron chi connectivity index (χ3n) is 6.42. The van der Waals surface area contributed by atoms with Gasteiger partial charge in [0.25, 0.3) is 0 Å². The normalized spacial score (nSPS) is 18.7. The van der Waals surface area contributed by atoms with Crippen LogP contribution in [0.2, 0.25) is 0 Å². The minimum absolute atomic E-state index is 0.338. The van der Waals surface area contributed by atoms with E-state index in [-0.39, 0.29) is 0 Å². The Bertz CT molecular complexity index is 1040. The largest absolute Gasteiger partial charge is 0.381 e. The van der Waals surface area contributed by atoms with Gasteiger partial charge < -0.3 is 19.5 Å². The zero-order valence-electron chi connectivity index (χ0n) is 17.9. The zero-order valence-corrected chi connectivity index (χ0v) is 17.9. The van der Waals surface area contributed by atoms with Gasteiger partial charge in [-0.25, -0.2) is 15.0 Å². The van der Waals surface area contributed by atoms with E-state index in [2.05, 4.69) is 44.7 Å². The molecule has 158 valence electrons. The van der Waals surface area contributed by atoms with Gasteiger partial charge >= 0.3 is 0 Å². The Morgan fingerprint density at radius 2 is 1.90 bits per heavy atom. The lowest BCUT2D eigenvalue weighted by atomic mass is 10.1. The highest BCUT2D eigenvalue weighted by atomic mass is 16.5. The maximum Gasteiger partial charge on any atom is 0.227 e. The number of ether oxygens (including phenoxy) is 1. The van der Waals surface area contributed by atoms with E-state index in [1.165, 1.54) is 12.8 Å². The molecule has 1 aliphatic heterocycles. The van der Waals surface area contributed by atoms with Crippen LogP contribution in [0.1, 0.15) is 44.5 Å². The first-order chi connectivity index (χ1) is 14.6. The second-order valence-corrected chi connectivity index (χ2v) is 8.45. The number of fused-ring (bicyclic) bond motifs is 1. The standard InChI is InChI=1S/C22H29N7O/c1-14(16-4-5-16)29-15(2)25-18-13-24-21(12-19(18)29)26-20-6-9-23-22(27-20)28-10-7-17(30-3)8-11-28/h6,9,12-14,16-17H,4-5,7-8,10-11H2,1-3H3,(H,23,24,26,27). The molecular weight excluding hydrogens is 378 g/mol. The number of aryl methyl sites for hydroxylation is 1. The molecule has 3 aromatic heterocycles. The molecule has 0 aromatic carbocycles. The Balaban J connectivity index is 1.37. The van der Waals surface area contributed by atoms with Gasteiger partial charge in [-0.1, -0.05) is 0 Å². The molecule has 2 fully saturated rings. The second-order valence-electron chi connectivity index (χ2n) is 8.45. The van der Waals surface area contributed by atoms with Crippen molar-refractivity contribution in [1.29, 1.82) is 0 Å². The molecule has 1 atom stereocenters. The van der Waals surface area contributed by atoms with E-state index in [0.717, 1.165) is 66.3 Å². The summed E-state index contributed by atoms with van der Waals surface area (Å²) in [6.07, 6.45) is 8.60. The number of pyridine rings is 1. The molecule has 0 radical (unpaired) electrons. The molecule has 30 heavy (non-hydrogen) atoms. The minimum atomic E-state index is 0.338. The number of aromatic nitrogens is 5. The smallest absolute Gasteiger partial charge is 0.227 e. The molecule has 5 rings (SSSR count). The third kappa shape index (κ3) is 3.71. The summed E-state index contributed by atoms with van der Waals surface area (Å²) < 4.78 is 7.82. The van der Waals surface area contributed by atoms with Crippen molar-refractivity contribution >= 4 is 28.6 Å². The van der Waals surface area contributed by atoms with Crippen LogP contribution >= 0.6 is 0 Å².